The third-order valence-electron chi connectivity index (χ3n) is 2.46. The van der Waals surface area contributed by atoms with Gasteiger partial charge in [0.25, 0.3) is 0 Å². The Bertz CT molecular complexity index is 500. The van der Waals surface area contributed by atoms with E-state index in [9.17, 15) is 0 Å². The summed E-state index contributed by atoms with van der Waals surface area (Å²) in [5, 5.41) is 0. The topological polar surface area (TPSA) is 61.0 Å². The fourth-order valence-corrected chi connectivity index (χ4v) is 1.54. The number of nitrogens with two attached hydrogens (primary N) is 1. The first kappa shape index (κ1) is 11.4. The third kappa shape index (κ3) is 3.17. The second kappa shape index (κ2) is 5.30. The molecule has 0 fully saturated rings. The van der Waals surface area contributed by atoms with Crippen molar-refractivity contribution in [2.24, 2.45) is 0 Å². The average molecular weight is 229 g/mol. The second-order valence-electron chi connectivity index (χ2n) is 3.79. The van der Waals surface area contributed by atoms with Crippen LogP contribution in [-0.4, -0.2) is 16.6 Å². The lowest BCUT2D eigenvalue weighted by Gasteiger charge is -2.07. The minimum Gasteiger partial charge on any atom is -0.477 e. The molecule has 0 amide bonds. The minimum atomic E-state index is 0.560. The van der Waals surface area contributed by atoms with E-state index in [2.05, 4.69) is 9.97 Å². The van der Waals surface area contributed by atoms with Crippen molar-refractivity contribution in [2.75, 3.05) is 12.3 Å². The molecule has 0 aliphatic heterocycles. The van der Waals surface area contributed by atoms with E-state index in [1.165, 1.54) is 6.33 Å². The van der Waals surface area contributed by atoms with Gasteiger partial charge < -0.3 is 10.5 Å². The van der Waals surface area contributed by atoms with Crippen LogP contribution >= 0.6 is 0 Å². The Labute approximate surface area is 100 Å². The van der Waals surface area contributed by atoms with E-state index in [4.69, 9.17) is 10.5 Å². The Morgan fingerprint density at radius 2 is 2.06 bits per heavy atom. The van der Waals surface area contributed by atoms with E-state index >= 15 is 0 Å². The summed E-state index contributed by atoms with van der Waals surface area (Å²) in [5.74, 6) is 0.604. The summed E-state index contributed by atoms with van der Waals surface area (Å²) < 4.78 is 5.54. The largest absolute Gasteiger partial charge is 0.477 e. The summed E-state index contributed by atoms with van der Waals surface area (Å²) in [7, 11) is 0. The van der Waals surface area contributed by atoms with E-state index in [1.54, 1.807) is 0 Å². The van der Waals surface area contributed by atoms with Crippen LogP contribution in [0.15, 0.2) is 36.7 Å². The highest BCUT2D eigenvalue weighted by molar-refractivity contribution is 5.46. The molecule has 2 N–H and O–H groups in total. The molecule has 0 aliphatic rings. The highest BCUT2D eigenvalue weighted by Crippen LogP contribution is 2.12. The third-order valence-corrected chi connectivity index (χ3v) is 2.46. The van der Waals surface area contributed by atoms with E-state index in [1.807, 2.05) is 37.3 Å². The maximum Gasteiger partial charge on any atom is 0.216 e. The van der Waals surface area contributed by atoms with Gasteiger partial charge in [0.05, 0.1) is 6.61 Å². The molecule has 0 saturated carbocycles. The minimum absolute atomic E-state index is 0.560. The summed E-state index contributed by atoms with van der Waals surface area (Å²) in [6.07, 6.45) is 2.28. The molecule has 4 heteroatoms. The standard InChI is InChI=1S/C13H15N3O/c1-10-8-13(16-9-15-10)17-7-6-11-4-2-3-5-12(11)14/h2-5,8-9H,6-7,14H2,1H3. The molecule has 1 heterocycles. The normalized spacial score (nSPS) is 10.2. The van der Waals surface area contributed by atoms with Gasteiger partial charge in [-0.05, 0) is 18.6 Å². The molecular weight excluding hydrogens is 214 g/mol. The molecule has 0 unspecified atom stereocenters. The lowest BCUT2D eigenvalue weighted by atomic mass is 10.1. The molecule has 1 aromatic heterocycles. The number of para-hydroxylation sites is 1. The number of hydrogen-bond donors (Lipinski definition) is 1. The van der Waals surface area contributed by atoms with Gasteiger partial charge in [-0.2, -0.15) is 0 Å². The van der Waals surface area contributed by atoms with Crippen molar-refractivity contribution in [3.05, 3.63) is 47.9 Å². The van der Waals surface area contributed by atoms with Crippen molar-refractivity contribution in [3.8, 4) is 5.88 Å². The van der Waals surface area contributed by atoms with Crippen molar-refractivity contribution < 1.29 is 4.74 Å². The monoisotopic (exact) mass is 229 g/mol. The van der Waals surface area contributed by atoms with Gasteiger partial charge >= 0.3 is 0 Å². The maximum absolute atomic E-state index is 5.84. The molecule has 4 nitrogen and oxygen atoms in total. The van der Waals surface area contributed by atoms with Crippen LogP contribution < -0.4 is 10.5 Å². The Balaban J connectivity index is 1.90. The van der Waals surface area contributed by atoms with Crippen molar-refractivity contribution in [2.45, 2.75) is 13.3 Å². The predicted octanol–water partition coefficient (Wildman–Crippen LogP) is 1.99. The molecule has 0 atom stereocenters. The average Bonchev–Trinajstić information content (AvgIpc) is 2.32. The highest BCUT2D eigenvalue weighted by Gasteiger charge is 2.00. The molecule has 0 saturated heterocycles. The van der Waals surface area contributed by atoms with Crippen LogP contribution in [0.25, 0.3) is 0 Å². The quantitative estimate of drug-likeness (QED) is 0.814. The Morgan fingerprint density at radius 1 is 1.24 bits per heavy atom. The van der Waals surface area contributed by atoms with Crippen LogP contribution in [0.2, 0.25) is 0 Å². The van der Waals surface area contributed by atoms with Gasteiger partial charge in [0.15, 0.2) is 0 Å². The molecular formula is C13H15N3O. The van der Waals surface area contributed by atoms with Gasteiger partial charge in [-0.1, -0.05) is 18.2 Å². The zero-order valence-corrected chi connectivity index (χ0v) is 9.76. The second-order valence-corrected chi connectivity index (χ2v) is 3.79. The van der Waals surface area contributed by atoms with Gasteiger partial charge in [0.1, 0.15) is 6.33 Å². The lowest BCUT2D eigenvalue weighted by Crippen LogP contribution is -2.05. The molecule has 0 bridgehead atoms. The van der Waals surface area contributed by atoms with Crippen LogP contribution in [0, 0.1) is 6.92 Å². The first-order valence-electron chi connectivity index (χ1n) is 5.50. The van der Waals surface area contributed by atoms with E-state index in [0.29, 0.717) is 12.5 Å². The van der Waals surface area contributed by atoms with Crippen molar-refractivity contribution in [3.63, 3.8) is 0 Å². The van der Waals surface area contributed by atoms with E-state index in [0.717, 1.165) is 23.4 Å². The van der Waals surface area contributed by atoms with E-state index < -0.39 is 0 Å². The van der Waals surface area contributed by atoms with Gasteiger partial charge in [-0.3, -0.25) is 0 Å². The van der Waals surface area contributed by atoms with Gasteiger partial charge in [-0.25, -0.2) is 9.97 Å². The number of nitrogen functional groups attached to an aromatic ring is 1. The summed E-state index contributed by atoms with van der Waals surface area (Å²) in [6.45, 7) is 2.47. The summed E-state index contributed by atoms with van der Waals surface area (Å²) in [6, 6.07) is 9.61. The Hall–Kier alpha value is -2.10. The molecule has 0 radical (unpaired) electrons. The molecule has 17 heavy (non-hydrogen) atoms. The van der Waals surface area contributed by atoms with Crippen molar-refractivity contribution >= 4 is 5.69 Å². The van der Waals surface area contributed by atoms with Crippen LogP contribution in [0.3, 0.4) is 0 Å². The van der Waals surface area contributed by atoms with E-state index in [-0.39, 0.29) is 0 Å². The fraction of sp³-hybridized carbons (Fsp3) is 0.231. The number of hydrogen-bond acceptors (Lipinski definition) is 4. The predicted molar refractivity (Wildman–Crippen MR) is 66.8 cm³/mol. The lowest BCUT2D eigenvalue weighted by molar-refractivity contribution is 0.308. The molecule has 88 valence electrons. The number of anilines is 1. The van der Waals surface area contributed by atoms with Gasteiger partial charge in [0.2, 0.25) is 5.88 Å². The summed E-state index contributed by atoms with van der Waals surface area (Å²) in [5.41, 5.74) is 8.64. The number of aromatic nitrogens is 2. The summed E-state index contributed by atoms with van der Waals surface area (Å²) in [4.78, 5) is 8.04. The summed E-state index contributed by atoms with van der Waals surface area (Å²) >= 11 is 0. The zero-order valence-electron chi connectivity index (χ0n) is 9.76. The highest BCUT2D eigenvalue weighted by atomic mass is 16.5. The van der Waals surface area contributed by atoms with Crippen molar-refractivity contribution in [1.82, 2.24) is 9.97 Å². The van der Waals surface area contributed by atoms with Crippen LogP contribution in [0.5, 0.6) is 5.88 Å². The first-order valence-corrected chi connectivity index (χ1v) is 5.50. The Morgan fingerprint density at radius 3 is 2.82 bits per heavy atom. The van der Waals surface area contributed by atoms with Crippen LogP contribution in [0.4, 0.5) is 5.69 Å². The number of rotatable bonds is 4. The molecule has 1 aromatic carbocycles. The number of aryl methyl sites for hydroxylation is 1. The smallest absolute Gasteiger partial charge is 0.216 e. The Kier molecular flexibility index (Phi) is 3.55. The fourth-order valence-electron chi connectivity index (χ4n) is 1.54. The SMILES string of the molecule is Cc1cc(OCCc2ccccc2N)ncn1. The zero-order chi connectivity index (χ0) is 12.1. The molecule has 2 rings (SSSR count). The van der Waals surface area contributed by atoms with Gasteiger partial charge in [0, 0.05) is 23.9 Å². The molecule has 0 aliphatic carbocycles. The van der Waals surface area contributed by atoms with Crippen LogP contribution in [0.1, 0.15) is 11.3 Å². The number of benzene rings is 1. The van der Waals surface area contributed by atoms with Gasteiger partial charge in [-0.15, -0.1) is 0 Å². The van der Waals surface area contributed by atoms with Crippen molar-refractivity contribution in [1.29, 1.82) is 0 Å². The van der Waals surface area contributed by atoms with Crippen LogP contribution in [-0.2, 0) is 6.42 Å². The maximum atomic E-state index is 5.84. The molecule has 0 spiro atoms. The molecule has 2 aromatic rings. The first-order chi connectivity index (χ1) is 8.25. The number of nitrogens with zero attached hydrogens (tertiary/aromatic N) is 2. The number of ether oxygens (including phenoxy) is 1.